The number of hydrogen-bond donors (Lipinski definition) is 1. The number of imidazole rings is 1. The van der Waals surface area contributed by atoms with Gasteiger partial charge in [-0.15, -0.1) is 0 Å². The number of rotatable bonds is 9. The number of anilines is 1. The Morgan fingerprint density at radius 1 is 0.939 bits per heavy atom. The van der Waals surface area contributed by atoms with Crippen LogP contribution in [0.15, 0.2) is 56.5 Å². The molecule has 33 heavy (non-hydrogen) atoms. The molecule has 2 aromatic carbocycles. The van der Waals surface area contributed by atoms with Crippen LogP contribution in [0.4, 0.5) is 5.69 Å². The molecule has 9 heteroatoms. The Hall–Kier alpha value is -3.59. The van der Waals surface area contributed by atoms with Gasteiger partial charge in [0.1, 0.15) is 0 Å². The molecule has 0 saturated carbocycles. The molecule has 0 aliphatic heterocycles. The predicted octanol–water partition coefficient (Wildman–Crippen LogP) is 2.71. The number of oxazole rings is 1. The highest BCUT2D eigenvalue weighted by molar-refractivity contribution is 5.92. The lowest BCUT2D eigenvalue weighted by Gasteiger charge is -2.10. The first-order valence-corrected chi connectivity index (χ1v) is 11.1. The maximum absolute atomic E-state index is 12.9. The molecule has 174 valence electrons. The third-order valence-electron chi connectivity index (χ3n) is 5.66. The second kappa shape index (κ2) is 9.50. The molecule has 0 unspecified atom stereocenters. The van der Waals surface area contributed by atoms with Crippen LogP contribution in [-0.2, 0) is 24.4 Å². The zero-order valence-electron chi connectivity index (χ0n) is 19.2. The summed E-state index contributed by atoms with van der Waals surface area (Å²) in [7, 11) is 3.87. The number of fused-ring (bicyclic) bond motifs is 2. The van der Waals surface area contributed by atoms with Crippen LogP contribution < -0.4 is 16.8 Å². The summed E-state index contributed by atoms with van der Waals surface area (Å²) in [4.78, 5) is 39.7. The maximum atomic E-state index is 12.9. The molecule has 2 heterocycles. The highest BCUT2D eigenvalue weighted by atomic mass is 16.4. The van der Waals surface area contributed by atoms with Crippen molar-refractivity contribution in [1.29, 1.82) is 0 Å². The number of likely N-dealkylation sites (N-methyl/N-ethyl adjacent to an activating group) is 1. The van der Waals surface area contributed by atoms with Gasteiger partial charge in [-0.05, 0) is 50.8 Å². The van der Waals surface area contributed by atoms with Gasteiger partial charge < -0.3 is 14.6 Å². The molecule has 4 rings (SSSR count). The lowest BCUT2D eigenvalue weighted by Crippen LogP contribution is -2.26. The monoisotopic (exact) mass is 451 g/mol. The van der Waals surface area contributed by atoms with E-state index in [0.29, 0.717) is 36.4 Å². The van der Waals surface area contributed by atoms with E-state index >= 15 is 0 Å². The van der Waals surface area contributed by atoms with E-state index in [1.54, 1.807) is 31.9 Å². The second-order valence-electron chi connectivity index (χ2n) is 8.38. The fraction of sp³-hybridized carbons (Fsp3) is 0.375. The van der Waals surface area contributed by atoms with Crippen molar-refractivity contribution in [1.82, 2.24) is 18.6 Å². The number of carbonyl (C=O) groups is 1. The highest BCUT2D eigenvalue weighted by Crippen LogP contribution is 2.19. The Labute approximate surface area is 190 Å². The van der Waals surface area contributed by atoms with Gasteiger partial charge in [-0.3, -0.25) is 18.5 Å². The van der Waals surface area contributed by atoms with Crippen molar-refractivity contribution in [3.63, 3.8) is 0 Å². The van der Waals surface area contributed by atoms with Crippen LogP contribution in [0, 0.1) is 0 Å². The Kier molecular flexibility index (Phi) is 6.50. The van der Waals surface area contributed by atoms with Crippen molar-refractivity contribution in [2.75, 3.05) is 26.0 Å². The maximum Gasteiger partial charge on any atom is 0.419 e. The summed E-state index contributed by atoms with van der Waals surface area (Å²) in [6.45, 7) is 4.12. The van der Waals surface area contributed by atoms with Gasteiger partial charge >= 0.3 is 11.4 Å². The molecule has 0 fully saturated rings. The molecule has 0 aliphatic rings. The quantitative estimate of drug-likeness (QED) is 0.422. The molecule has 0 aliphatic carbocycles. The zero-order valence-corrected chi connectivity index (χ0v) is 19.2. The van der Waals surface area contributed by atoms with E-state index in [0.717, 1.165) is 17.5 Å². The Bertz CT molecular complexity index is 1410. The van der Waals surface area contributed by atoms with Gasteiger partial charge in [0, 0.05) is 38.3 Å². The summed E-state index contributed by atoms with van der Waals surface area (Å²) in [5, 5.41) is 2.88. The zero-order chi connectivity index (χ0) is 23.5. The highest BCUT2D eigenvalue weighted by Gasteiger charge is 2.15. The molecule has 9 nitrogen and oxygen atoms in total. The molecular formula is C24H29N5O4. The van der Waals surface area contributed by atoms with Crippen molar-refractivity contribution in [2.45, 2.75) is 39.4 Å². The van der Waals surface area contributed by atoms with E-state index in [1.807, 2.05) is 50.2 Å². The molecule has 1 N–H and O–H groups in total. The summed E-state index contributed by atoms with van der Waals surface area (Å²) in [6, 6.07) is 12.8. The van der Waals surface area contributed by atoms with E-state index < -0.39 is 5.76 Å². The number of aromatic nitrogens is 3. The molecule has 1 amide bonds. The van der Waals surface area contributed by atoms with E-state index in [9.17, 15) is 14.4 Å². The fourth-order valence-electron chi connectivity index (χ4n) is 4.02. The first kappa shape index (κ1) is 22.6. The Morgan fingerprint density at radius 3 is 2.30 bits per heavy atom. The first-order chi connectivity index (χ1) is 15.9. The minimum absolute atomic E-state index is 0.101. The van der Waals surface area contributed by atoms with Crippen molar-refractivity contribution in [3.05, 3.63) is 63.5 Å². The fourth-order valence-corrected chi connectivity index (χ4v) is 4.02. The van der Waals surface area contributed by atoms with Gasteiger partial charge in [0.2, 0.25) is 5.91 Å². The molecule has 0 radical (unpaired) electrons. The lowest BCUT2D eigenvalue weighted by atomic mass is 10.2. The Balaban J connectivity index is 1.51. The van der Waals surface area contributed by atoms with Gasteiger partial charge in [0.25, 0.3) is 0 Å². The third-order valence-corrected chi connectivity index (χ3v) is 5.66. The topological polar surface area (TPSA) is 94.4 Å². The van der Waals surface area contributed by atoms with E-state index in [1.165, 1.54) is 0 Å². The number of nitrogens with one attached hydrogen (secondary N) is 1. The number of para-hydroxylation sites is 2. The number of nitrogens with zero attached hydrogens (tertiary/aromatic N) is 4. The van der Waals surface area contributed by atoms with Crippen LogP contribution in [0.5, 0.6) is 0 Å². The summed E-state index contributed by atoms with van der Waals surface area (Å²) in [5.41, 5.74) is 3.30. The standard InChI is InChI=1S/C24H29N5O4/c1-4-12-27-18-7-5-6-8-19(18)28(23(27)31)13-11-22(30)25-17-9-10-21-20(16-17)29(24(32)33-21)15-14-26(2)3/h5-10,16H,4,11-15H2,1-3H3,(H,25,30). The number of carbonyl (C=O) groups excluding carboxylic acids is 1. The van der Waals surface area contributed by atoms with Crippen LogP contribution >= 0.6 is 0 Å². The van der Waals surface area contributed by atoms with Crippen LogP contribution in [0.25, 0.3) is 22.1 Å². The third kappa shape index (κ3) is 4.63. The van der Waals surface area contributed by atoms with Gasteiger partial charge in [-0.2, -0.15) is 0 Å². The number of amides is 1. The van der Waals surface area contributed by atoms with Gasteiger partial charge in [0.15, 0.2) is 5.58 Å². The van der Waals surface area contributed by atoms with Gasteiger partial charge in [-0.1, -0.05) is 19.1 Å². The molecule has 0 atom stereocenters. The van der Waals surface area contributed by atoms with Crippen LogP contribution in [-0.4, -0.2) is 45.1 Å². The van der Waals surface area contributed by atoms with Crippen molar-refractivity contribution >= 4 is 33.7 Å². The van der Waals surface area contributed by atoms with Crippen molar-refractivity contribution < 1.29 is 9.21 Å². The van der Waals surface area contributed by atoms with Crippen molar-refractivity contribution in [2.24, 2.45) is 0 Å². The molecule has 0 saturated heterocycles. The molecule has 0 bridgehead atoms. The van der Waals surface area contributed by atoms with Gasteiger partial charge in [0.05, 0.1) is 16.6 Å². The average molecular weight is 452 g/mol. The summed E-state index contributed by atoms with van der Waals surface area (Å²) in [5.74, 6) is -0.627. The van der Waals surface area contributed by atoms with Crippen LogP contribution in [0.2, 0.25) is 0 Å². The average Bonchev–Trinajstić information content (AvgIpc) is 3.24. The number of aryl methyl sites for hydroxylation is 2. The Morgan fingerprint density at radius 2 is 1.64 bits per heavy atom. The molecule has 2 aromatic heterocycles. The molecule has 4 aromatic rings. The first-order valence-electron chi connectivity index (χ1n) is 11.1. The van der Waals surface area contributed by atoms with E-state index in [-0.39, 0.29) is 24.6 Å². The number of benzene rings is 2. The SMILES string of the molecule is CCCn1c(=O)n(CCC(=O)Nc2ccc3oc(=O)n(CCN(C)C)c3c2)c2ccccc21. The summed E-state index contributed by atoms with van der Waals surface area (Å²) >= 11 is 0. The van der Waals surface area contributed by atoms with Crippen LogP contribution in [0.1, 0.15) is 19.8 Å². The summed E-state index contributed by atoms with van der Waals surface area (Å²) in [6.07, 6.45) is 1.00. The minimum Gasteiger partial charge on any atom is -0.408 e. The lowest BCUT2D eigenvalue weighted by molar-refractivity contribution is -0.116. The van der Waals surface area contributed by atoms with E-state index in [4.69, 9.17) is 4.42 Å². The molecular weight excluding hydrogens is 422 g/mol. The molecule has 0 spiro atoms. The van der Waals surface area contributed by atoms with Crippen LogP contribution in [0.3, 0.4) is 0 Å². The minimum atomic E-state index is -0.418. The van der Waals surface area contributed by atoms with Crippen molar-refractivity contribution in [3.8, 4) is 0 Å². The predicted molar refractivity (Wildman–Crippen MR) is 129 cm³/mol. The van der Waals surface area contributed by atoms with Gasteiger partial charge in [-0.25, -0.2) is 9.59 Å². The normalized spacial score (nSPS) is 11.6. The largest absolute Gasteiger partial charge is 0.419 e. The number of hydrogen-bond acceptors (Lipinski definition) is 5. The second-order valence-corrected chi connectivity index (χ2v) is 8.38. The summed E-state index contributed by atoms with van der Waals surface area (Å²) < 4.78 is 10.3. The smallest absolute Gasteiger partial charge is 0.408 e. The van der Waals surface area contributed by atoms with E-state index in [2.05, 4.69) is 5.32 Å².